The summed E-state index contributed by atoms with van der Waals surface area (Å²) in [4.78, 5) is 0.297. The second-order valence-corrected chi connectivity index (χ2v) is 6.90. The van der Waals surface area contributed by atoms with Gasteiger partial charge in [-0.25, -0.2) is 8.42 Å². The summed E-state index contributed by atoms with van der Waals surface area (Å²) in [5.41, 5.74) is 7.55. The number of benzene rings is 1. The molecule has 0 bridgehead atoms. The number of rotatable bonds is 3. The molecule has 0 saturated carbocycles. The van der Waals surface area contributed by atoms with Crippen LogP contribution in [-0.2, 0) is 14.8 Å². The van der Waals surface area contributed by atoms with E-state index in [1.807, 2.05) is 0 Å². The van der Waals surface area contributed by atoms with Gasteiger partial charge in [0.25, 0.3) is 0 Å². The average molecular weight is 300 g/mol. The molecule has 1 fully saturated rings. The summed E-state index contributed by atoms with van der Waals surface area (Å²) < 4.78 is 32.2. The Morgan fingerprint density at radius 2 is 2.00 bits per heavy atom. The molecule has 0 aromatic heterocycles. The Hall–Kier alpha value is -1.15. The molecule has 1 saturated heterocycles. The molecule has 20 heavy (non-hydrogen) atoms. The first-order valence-corrected chi connectivity index (χ1v) is 7.89. The maximum absolute atomic E-state index is 12.7. The van der Waals surface area contributed by atoms with Gasteiger partial charge in [0.2, 0.25) is 10.0 Å². The molecule has 0 amide bonds. The van der Waals surface area contributed by atoms with E-state index in [0.29, 0.717) is 28.3 Å². The number of ether oxygens (including phenoxy) is 1. The first-order chi connectivity index (χ1) is 9.36. The quantitative estimate of drug-likeness (QED) is 0.782. The van der Waals surface area contributed by atoms with E-state index < -0.39 is 16.1 Å². The van der Waals surface area contributed by atoms with Gasteiger partial charge in [0.15, 0.2) is 0 Å². The molecule has 7 heteroatoms. The van der Waals surface area contributed by atoms with Gasteiger partial charge in [0, 0.05) is 18.8 Å². The van der Waals surface area contributed by atoms with Gasteiger partial charge in [0.1, 0.15) is 0 Å². The SMILES string of the molecule is Cc1cc(N)cc(C)c1S(=O)(=O)N1CCOC(CO)C1. The molecule has 3 N–H and O–H groups in total. The minimum absolute atomic E-state index is 0.169. The molecule has 1 aromatic carbocycles. The Labute approximate surface area is 119 Å². The van der Waals surface area contributed by atoms with Crippen LogP contribution in [0.4, 0.5) is 5.69 Å². The zero-order chi connectivity index (χ0) is 14.9. The van der Waals surface area contributed by atoms with E-state index in [9.17, 15) is 8.42 Å². The fourth-order valence-electron chi connectivity index (χ4n) is 2.54. The molecule has 1 atom stereocenters. The van der Waals surface area contributed by atoms with E-state index in [4.69, 9.17) is 15.6 Å². The van der Waals surface area contributed by atoms with Crippen LogP contribution in [-0.4, -0.2) is 50.2 Å². The molecule has 1 heterocycles. The van der Waals surface area contributed by atoms with Crippen LogP contribution in [0.3, 0.4) is 0 Å². The van der Waals surface area contributed by atoms with Crippen LogP contribution in [0.5, 0.6) is 0 Å². The second kappa shape index (κ2) is 5.69. The van der Waals surface area contributed by atoms with Crippen LogP contribution in [0.2, 0.25) is 0 Å². The lowest BCUT2D eigenvalue weighted by molar-refractivity contribution is -0.0304. The van der Waals surface area contributed by atoms with Crippen LogP contribution < -0.4 is 5.73 Å². The lowest BCUT2D eigenvalue weighted by Crippen LogP contribution is -2.47. The smallest absolute Gasteiger partial charge is 0.243 e. The van der Waals surface area contributed by atoms with E-state index in [0.717, 1.165) is 0 Å². The van der Waals surface area contributed by atoms with Crippen molar-refractivity contribution in [1.82, 2.24) is 4.31 Å². The fraction of sp³-hybridized carbons (Fsp3) is 0.538. The zero-order valence-corrected chi connectivity index (χ0v) is 12.5. The van der Waals surface area contributed by atoms with E-state index in [1.165, 1.54) is 4.31 Å². The van der Waals surface area contributed by atoms with E-state index in [2.05, 4.69) is 0 Å². The van der Waals surface area contributed by atoms with Crippen LogP contribution >= 0.6 is 0 Å². The Balaban J connectivity index is 2.40. The highest BCUT2D eigenvalue weighted by Crippen LogP contribution is 2.27. The molecule has 1 unspecified atom stereocenters. The summed E-state index contributed by atoms with van der Waals surface area (Å²) in [5.74, 6) is 0. The largest absolute Gasteiger partial charge is 0.399 e. The number of aliphatic hydroxyl groups is 1. The summed E-state index contributed by atoms with van der Waals surface area (Å²) in [7, 11) is -3.60. The van der Waals surface area contributed by atoms with Crippen LogP contribution in [0.1, 0.15) is 11.1 Å². The molecule has 112 valence electrons. The average Bonchev–Trinajstić information content (AvgIpc) is 2.37. The third-order valence-corrected chi connectivity index (χ3v) is 5.56. The Morgan fingerprint density at radius 3 is 2.55 bits per heavy atom. The van der Waals surface area contributed by atoms with Gasteiger partial charge in [-0.2, -0.15) is 4.31 Å². The van der Waals surface area contributed by atoms with Crippen molar-refractivity contribution in [3.8, 4) is 0 Å². The van der Waals surface area contributed by atoms with Crippen molar-refractivity contribution in [2.24, 2.45) is 0 Å². The van der Waals surface area contributed by atoms with Crippen molar-refractivity contribution in [2.75, 3.05) is 32.0 Å². The number of nitrogens with two attached hydrogens (primary N) is 1. The molecule has 0 radical (unpaired) electrons. The Kier molecular flexibility index (Phi) is 4.33. The van der Waals surface area contributed by atoms with Gasteiger partial charge in [-0.1, -0.05) is 0 Å². The van der Waals surface area contributed by atoms with Crippen molar-refractivity contribution >= 4 is 15.7 Å². The molecule has 1 aliphatic heterocycles. The lowest BCUT2D eigenvalue weighted by Gasteiger charge is -2.32. The van der Waals surface area contributed by atoms with Gasteiger partial charge in [-0.3, -0.25) is 0 Å². The fourth-order valence-corrected chi connectivity index (χ4v) is 4.41. The second-order valence-electron chi connectivity index (χ2n) is 5.02. The minimum Gasteiger partial charge on any atom is -0.399 e. The van der Waals surface area contributed by atoms with Crippen LogP contribution in [0.25, 0.3) is 0 Å². The highest BCUT2D eigenvalue weighted by molar-refractivity contribution is 7.89. The monoisotopic (exact) mass is 300 g/mol. The van der Waals surface area contributed by atoms with Crippen molar-refractivity contribution in [3.05, 3.63) is 23.3 Å². The number of hydrogen-bond acceptors (Lipinski definition) is 5. The lowest BCUT2D eigenvalue weighted by atomic mass is 10.1. The molecule has 1 aliphatic rings. The molecular weight excluding hydrogens is 280 g/mol. The molecule has 2 rings (SSSR count). The maximum Gasteiger partial charge on any atom is 0.243 e. The highest BCUT2D eigenvalue weighted by atomic mass is 32.2. The van der Waals surface area contributed by atoms with Crippen molar-refractivity contribution in [1.29, 1.82) is 0 Å². The molecule has 0 aliphatic carbocycles. The Bertz CT molecular complexity index is 577. The van der Waals surface area contributed by atoms with Gasteiger partial charge in [-0.15, -0.1) is 0 Å². The summed E-state index contributed by atoms with van der Waals surface area (Å²) in [6.45, 7) is 4.04. The molecule has 6 nitrogen and oxygen atoms in total. The molecule has 0 spiro atoms. The number of nitrogens with zero attached hydrogens (tertiary/aromatic N) is 1. The van der Waals surface area contributed by atoms with E-state index in [1.54, 1.807) is 26.0 Å². The number of morpholine rings is 1. The van der Waals surface area contributed by atoms with E-state index in [-0.39, 0.29) is 19.8 Å². The van der Waals surface area contributed by atoms with Crippen molar-refractivity contribution < 1.29 is 18.3 Å². The number of nitrogen functional groups attached to an aromatic ring is 1. The number of sulfonamides is 1. The van der Waals surface area contributed by atoms with Gasteiger partial charge >= 0.3 is 0 Å². The number of aliphatic hydroxyl groups excluding tert-OH is 1. The summed E-state index contributed by atoms with van der Waals surface area (Å²) in [5, 5.41) is 9.13. The van der Waals surface area contributed by atoms with Gasteiger partial charge in [-0.05, 0) is 37.1 Å². The molecule has 1 aromatic rings. The third kappa shape index (κ3) is 2.80. The summed E-state index contributed by atoms with van der Waals surface area (Å²) >= 11 is 0. The van der Waals surface area contributed by atoms with Crippen molar-refractivity contribution in [2.45, 2.75) is 24.8 Å². The highest BCUT2D eigenvalue weighted by Gasteiger charge is 2.32. The topological polar surface area (TPSA) is 92.9 Å². The molecular formula is C13H20N2O4S. The normalized spacial score (nSPS) is 21.1. The standard InChI is InChI=1S/C13H20N2O4S/c1-9-5-11(14)6-10(2)13(9)20(17,18)15-3-4-19-12(7-15)8-16/h5-6,12,16H,3-4,7-8,14H2,1-2H3. The zero-order valence-electron chi connectivity index (χ0n) is 11.7. The van der Waals surface area contributed by atoms with Gasteiger partial charge < -0.3 is 15.6 Å². The Morgan fingerprint density at radius 1 is 1.40 bits per heavy atom. The van der Waals surface area contributed by atoms with Gasteiger partial charge in [0.05, 0.1) is 24.2 Å². The predicted octanol–water partition coefficient (Wildman–Crippen LogP) is 0.267. The first kappa shape index (κ1) is 15.2. The third-order valence-electron chi connectivity index (χ3n) is 3.39. The van der Waals surface area contributed by atoms with Crippen LogP contribution in [0, 0.1) is 13.8 Å². The number of anilines is 1. The summed E-state index contributed by atoms with van der Waals surface area (Å²) in [6.07, 6.45) is -0.465. The van der Waals surface area contributed by atoms with E-state index >= 15 is 0 Å². The first-order valence-electron chi connectivity index (χ1n) is 6.45. The predicted molar refractivity (Wildman–Crippen MR) is 75.9 cm³/mol. The maximum atomic E-state index is 12.7. The number of hydrogen-bond donors (Lipinski definition) is 2. The van der Waals surface area contributed by atoms with Crippen LogP contribution in [0.15, 0.2) is 17.0 Å². The van der Waals surface area contributed by atoms with Crippen molar-refractivity contribution in [3.63, 3.8) is 0 Å². The summed E-state index contributed by atoms with van der Waals surface area (Å²) in [6, 6.07) is 3.31. The number of aryl methyl sites for hydroxylation is 2. The minimum atomic E-state index is -3.60.